The standard InChI is InChI=1S/C41H24N6S/c1-3-12-29-25(10-1)22-38-43(31-14-5-6-15-32(31)44(29)38)27-21-20-26-23-39-45(33-16-7-8-17-34(33)46(39)37(26)24-27)35-18-9-19-36-40(35)48-41-42-28-11-2-4-13-30(28)47(36)41/h1-24H. The maximum Gasteiger partial charge on any atom is 0.195 e. The molecule has 0 spiro atoms. The van der Waals surface area contributed by atoms with Crippen LogP contribution in [0.1, 0.15) is 0 Å². The van der Waals surface area contributed by atoms with Crippen LogP contribution in [-0.2, 0) is 0 Å². The third-order valence-corrected chi connectivity index (χ3v) is 11.2. The summed E-state index contributed by atoms with van der Waals surface area (Å²) < 4.78 is 13.2. The number of para-hydroxylation sites is 7. The minimum Gasteiger partial charge on any atom is -0.294 e. The lowest BCUT2D eigenvalue weighted by Crippen LogP contribution is -1.94. The quantitative estimate of drug-likeness (QED) is 0.187. The summed E-state index contributed by atoms with van der Waals surface area (Å²) in [5.41, 5.74) is 15.1. The molecule has 0 N–H and O–H groups in total. The summed E-state index contributed by atoms with van der Waals surface area (Å²) in [4.78, 5) is 6.00. The van der Waals surface area contributed by atoms with Gasteiger partial charge in [-0.05, 0) is 78.9 Å². The van der Waals surface area contributed by atoms with Crippen molar-refractivity contribution in [2.75, 3.05) is 0 Å². The van der Waals surface area contributed by atoms with Gasteiger partial charge >= 0.3 is 0 Å². The average Bonchev–Trinajstić information content (AvgIpc) is 3.95. The van der Waals surface area contributed by atoms with Crippen molar-refractivity contribution in [3.8, 4) is 11.4 Å². The molecule has 0 atom stereocenters. The lowest BCUT2D eigenvalue weighted by atomic mass is 10.2. The number of rotatable bonds is 2. The Morgan fingerprint density at radius 3 is 1.83 bits per heavy atom. The average molecular weight is 633 g/mol. The highest BCUT2D eigenvalue weighted by Gasteiger charge is 2.21. The maximum atomic E-state index is 4.99. The zero-order valence-corrected chi connectivity index (χ0v) is 26.3. The van der Waals surface area contributed by atoms with E-state index in [1.165, 1.54) is 59.8 Å². The summed E-state index contributed by atoms with van der Waals surface area (Å²) in [6.45, 7) is 0. The van der Waals surface area contributed by atoms with Crippen molar-refractivity contribution in [2.45, 2.75) is 0 Å². The van der Waals surface area contributed by atoms with E-state index in [0.717, 1.165) is 33.0 Å². The van der Waals surface area contributed by atoms with Crippen LogP contribution in [0.5, 0.6) is 0 Å². The van der Waals surface area contributed by atoms with Crippen LogP contribution in [0.2, 0.25) is 0 Å². The van der Waals surface area contributed by atoms with Crippen molar-refractivity contribution in [1.29, 1.82) is 0 Å². The monoisotopic (exact) mass is 632 g/mol. The predicted octanol–water partition coefficient (Wildman–Crippen LogP) is 10.4. The van der Waals surface area contributed by atoms with E-state index >= 15 is 0 Å². The molecular weight excluding hydrogens is 609 g/mol. The third kappa shape index (κ3) is 3.00. The molecule has 48 heavy (non-hydrogen) atoms. The van der Waals surface area contributed by atoms with Crippen LogP contribution in [0.4, 0.5) is 0 Å². The number of benzene rings is 6. The fourth-order valence-corrected chi connectivity index (χ4v) is 9.25. The molecular formula is C41H24N6S. The topological polar surface area (TPSA) is 36.0 Å². The fourth-order valence-electron chi connectivity index (χ4n) is 8.11. The van der Waals surface area contributed by atoms with Crippen LogP contribution in [-0.4, -0.2) is 27.3 Å². The molecule has 12 rings (SSSR count). The van der Waals surface area contributed by atoms with E-state index in [9.17, 15) is 0 Å². The molecule has 6 nitrogen and oxygen atoms in total. The van der Waals surface area contributed by atoms with Gasteiger partial charge in [-0.1, -0.05) is 78.1 Å². The van der Waals surface area contributed by atoms with Crippen LogP contribution in [0.25, 0.3) is 92.8 Å². The number of hydrogen-bond acceptors (Lipinski definition) is 2. The summed E-state index contributed by atoms with van der Waals surface area (Å²) in [5, 5.41) is 2.45. The van der Waals surface area contributed by atoms with Crippen LogP contribution < -0.4 is 0 Å². The number of fused-ring (bicyclic) bond motifs is 15. The summed E-state index contributed by atoms with van der Waals surface area (Å²) >= 11 is 1.76. The molecule has 0 amide bonds. The van der Waals surface area contributed by atoms with Crippen molar-refractivity contribution in [1.82, 2.24) is 27.3 Å². The first-order valence-corrected chi connectivity index (χ1v) is 17.0. The minimum absolute atomic E-state index is 1.01. The molecule has 0 saturated carbocycles. The largest absolute Gasteiger partial charge is 0.294 e. The Morgan fingerprint density at radius 2 is 1.02 bits per heavy atom. The SMILES string of the molecule is c1ccc2c(c1)cc1n(-c3ccc4cc5n(-c6cccc7c6sc6nc8ccccc8n67)c6ccccc6n5c4c3)c3ccccc3n21. The summed E-state index contributed by atoms with van der Waals surface area (Å²) in [6, 6.07) is 52.7. The summed E-state index contributed by atoms with van der Waals surface area (Å²) in [6.07, 6.45) is 0. The van der Waals surface area contributed by atoms with Crippen LogP contribution >= 0.6 is 11.3 Å². The van der Waals surface area contributed by atoms with Gasteiger partial charge < -0.3 is 0 Å². The van der Waals surface area contributed by atoms with E-state index in [1.54, 1.807) is 11.3 Å². The van der Waals surface area contributed by atoms with Crippen molar-refractivity contribution < 1.29 is 0 Å². The normalized spacial score (nSPS) is 12.6. The zero-order valence-electron chi connectivity index (χ0n) is 25.4. The van der Waals surface area contributed by atoms with Gasteiger partial charge in [-0.15, -0.1) is 0 Å². The molecule has 0 aliphatic carbocycles. The first-order valence-electron chi connectivity index (χ1n) is 16.2. The lowest BCUT2D eigenvalue weighted by molar-refractivity contribution is 1.14. The lowest BCUT2D eigenvalue weighted by Gasteiger charge is -2.07. The van der Waals surface area contributed by atoms with Crippen molar-refractivity contribution in [3.63, 3.8) is 0 Å². The molecule has 0 bridgehead atoms. The van der Waals surface area contributed by atoms with E-state index in [0.29, 0.717) is 0 Å². The Hall–Kier alpha value is -6.31. The molecule has 0 saturated heterocycles. The summed E-state index contributed by atoms with van der Waals surface area (Å²) in [7, 11) is 0. The molecule has 7 heteroatoms. The second-order valence-electron chi connectivity index (χ2n) is 12.6. The smallest absolute Gasteiger partial charge is 0.195 e. The minimum atomic E-state index is 1.01. The zero-order chi connectivity index (χ0) is 31.1. The van der Waals surface area contributed by atoms with Crippen LogP contribution in [0.15, 0.2) is 146 Å². The molecule has 6 aromatic carbocycles. The molecule has 0 fully saturated rings. The second kappa shape index (κ2) is 8.73. The van der Waals surface area contributed by atoms with Crippen molar-refractivity contribution in [3.05, 3.63) is 146 Å². The molecule has 0 aliphatic heterocycles. The van der Waals surface area contributed by atoms with E-state index in [1.807, 2.05) is 0 Å². The number of aromatic nitrogens is 6. The highest BCUT2D eigenvalue weighted by atomic mass is 32.1. The third-order valence-electron chi connectivity index (χ3n) is 10.1. The molecule has 0 radical (unpaired) electrons. The van der Waals surface area contributed by atoms with Gasteiger partial charge in [-0.2, -0.15) is 0 Å². The van der Waals surface area contributed by atoms with Crippen molar-refractivity contribution in [2.24, 2.45) is 0 Å². The number of thiazole rings is 1. The van der Waals surface area contributed by atoms with E-state index in [4.69, 9.17) is 4.98 Å². The second-order valence-corrected chi connectivity index (χ2v) is 13.5. The number of imidazole rings is 3. The van der Waals surface area contributed by atoms with E-state index in [-0.39, 0.29) is 0 Å². The van der Waals surface area contributed by atoms with Gasteiger partial charge in [0.1, 0.15) is 11.3 Å². The molecule has 6 heterocycles. The Bertz CT molecular complexity index is 3300. The Morgan fingerprint density at radius 1 is 0.417 bits per heavy atom. The Kier molecular flexibility index (Phi) is 4.52. The van der Waals surface area contributed by atoms with Gasteiger partial charge in [-0.3, -0.25) is 22.3 Å². The number of hydrogen-bond donors (Lipinski definition) is 0. The molecule has 0 aliphatic rings. The number of nitrogens with zero attached hydrogens (tertiary/aromatic N) is 6. The Balaban J connectivity index is 1.16. The first-order chi connectivity index (χ1) is 23.8. The van der Waals surface area contributed by atoms with Crippen LogP contribution in [0, 0.1) is 0 Å². The first kappa shape index (κ1) is 24.9. The van der Waals surface area contributed by atoms with Crippen LogP contribution in [0.3, 0.4) is 0 Å². The molecule has 6 aromatic heterocycles. The fraction of sp³-hybridized carbons (Fsp3) is 0. The molecule has 0 unspecified atom stereocenters. The van der Waals surface area contributed by atoms with Crippen molar-refractivity contribution >= 4 is 92.7 Å². The van der Waals surface area contributed by atoms with E-state index in [2.05, 4.69) is 168 Å². The van der Waals surface area contributed by atoms with Gasteiger partial charge in [0.05, 0.1) is 60.0 Å². The molecule has 224 valence electrons. The summed E-state index contributed by atoms with van der Waals surface area (Å²) in [5.74, 6) is 0. The van der Waals surface area contributed by atoms with Gasteiger partial charge in [0.25, 0.3) is 0 Å². The van der Waals surface area contributed by atoms with Gasteiger partial charge in [0, 0.05) is 16.5 Å². The van der Waals surface area contributed by atoms with Gasteiger partial charge in [0.2, 0.25) is 0 Å². The predicted molar refractivity (Wildman–Crippen MR) is 199 cm³/mol. The van der Waals surface area contributed by atoms with Gasteiger partial charge in [0.15, 0.2) is 4.96 Å². The highest BCUT2D eigenvalue weighted by Crippen LogP contribution is 2.39. The maximum absolute atomic E-state index is 4.99. The van der Waals surface area contributed by atoms with E-state index < -0.39 is 0 Å². The van der Waals surface area contributed by atoms with Gasteiger partial charge in [-0.25, -0.2) is 4.98 Å². The molecule has 12 aromatic rings. The Labute approximate surface area is 276 Å². The highest BCUT2D eigenvalue weighted by molar-refractivity contribution is 7.24.